The van der Waals surface area contributed by atoms with Crippen molar-refractivity contribution in [2.24, 2.45) is 0 Å². The predicted octanol–water partition coefficient (Wildman–Crippen LogP) is 0.960. The average Bonchev–Trinajstić information content (AvgIpc) is 2.43. The van der Waals surface area contributed by atoms with Gasteiger partial charge in [-0.05, 0) is 26.0 Å². The van der Waals surface area contributed by atoms with Gasteiger partial charge in [-0.25, -0.2) is 0 Å². The number of nitrogens with one attached hydrogen (secondary N) is 1. The lowest BCUT2D eigenvalue weighted by Crippen LogP contribution is -3.15. The normalized spacial score (nSPS) is 26.2. The van der Waals surface area contributed by atoms with E-state index in [1.54, 1.807) is 17.0 Å². The molecule has 1 aliphatic rings. The molecule has 1 fully saturated rings. The smallest absolute Gasteiger partial charge is 0.150 e. The number of morpholine rings is 1. The molecule has 0 amide bonds. The minimum atomic E-state index is 0.346. The predicted molar refractivity (Wildman–Crippen MR) is 77.5 cm³/mol. The van der Waals surface area contributed by atoms with E-state index in [0.717, 1.165) is 38.1 Å². The van der Waals surface area contributed by atoms with Gasteiger partial charge in [0.2, 0.25) is 0 Å². The second-order valence-corrected chi connectivity index (χ2v) is 5.56. The molecular formula is C16H24NO3+. The molecular weight excluding hydrogens is 254 g/mol. The second-order valence-electron chi connectivity index (χ2n) is 5.56. The summed E-state index contributed by atoms with van der Waals surface area (Å²) in [7, 11) is 0. The molecule has 1 N–H and O–H groups in total. The van der Waals surface area contributed by atoms with E-state index in [-0.39, 0.29) is 0 Å². The number of carbonyl (C=O) groups excluding carboxylic acids is 1. The number of ether oxygens (including phenoxy) is 2. The Morgan fingerprint density at radius 3 is 2.80 bits per heavy atom. The Morgan fingerprint density at radius 1 is 1.35 bits per heavy atom. The molecule has 2 rings (SSSR count). The maximum atomic E-state index is 10.7. The third-order valence-corrected chi connectivity index (χ3v) is 3.55. The van der Waals surface area contributed by atoms with E-state index in [0.29, 0.717) is 24.4 Å². The number of quaternary nitrogens is 1. The van der Waals surface area contributed by atoms with Gasteiger partial charge in [0.05, 0.1) is 13.2 Å². The number of rotatable bonds is 6. The summed E-state index contributed by atoms with van der Waals surface area (Å²) in [6, 6.07) is 7.29. The van der Waals surface area contributed by atoms with Crippen molar-refractivity contribution in [2.45, 2.75) is 32.5 Å². The van der Waals surface area contributed by atoms with Crippen LogP contribution in [0.25, 0.3) is 0 Å². The third-order valence-electron chi connectivity index (χ3n) is 3.55. The molecule has 0 saturated carbocycles. The molecule has 1 aromatic rings. The Morgan fingerprint density at radius 2 is 2.10 bits per heavy atom. The SMILES string of the molecule is C[C@@H]1C[NH+](CCCOc2cccc(C=O)c2)C[C@@H](C)O1. The largest absolute Gasteiger partial charge is 0.493 e. The average molecular weight is 278 g/mol. The minimum Gasteiger partial charge on any atom is -0.493 e. The molecule has 0 aromatic heterocycles. The van der Waals surface area contributed by atoms with Crippen LogP contribution in [0.15, 0.2) is 24.3 Å². The highest BCUT2D eigenvalue weighted by Crippen LogP contribution is 2.11. The fraction of sp³-hybridized carbons (Fsp3) is 0.562. The molecule has 1 aliphatic heterocycles. The van der Waals surface area contributed by atoms with Crippen LogP contribution < -0.4 is 9.64 Å². The molecule has 1 aromatic carbocycles. The molecule has 0 unspecified atom stereocenters. The molecule has 2 atom stereocenters. The highest BCUT2D eigenvalue weighted by molar-refractivity contribution is 5.75. The number of hydrogen-bond acceptors (Lipinski definition) is 3. The molecule has 0 aliphatic carbocycles. The standard InChI is InChI=1S/C16H23NO3/c1-13-10-17(11-14(2)20-13)7-4-8-19-16-6-3-5-15(9-16)12-18/h3,5-6,9,12-14H,4,7-8,10-11H2,1-2H3/p+1/t13-,14-/m1/s1. The first-order valence-corrected chi connectivity index (χ1v) is 7.34. The van der Waals surface area contributed by atoms with E-state index in [2.05, 4.69) is 13.8 Å². The van der Waals surface area contributed by atoms with Crippen molar-refractivity contribution in [3.8, 4) is 5.75 Å². The molecule has 1 heterocycles. The summed E-state index contributed by atoms with van der Waals surface area (Å²) in [5.41, 5.74) is 0.656. The number of aldehydes is 1. The van der Waals surface area contributed by atoms with E-state index in [1.165, 1.54) is 0 Å². The number of benzene rings is 1. The second kappa shape index (κ2) is 7.41. The highest BCUT2D eigenvalue weighted by atomic mass is 16.5. The molecule has 20 heavy (non-hydrogen) atoms. The van der Waals surface area contributed by atoms with Crippen LogP contribution in [0.5, 0.6) is 5.75 Å². The topological polar surface area (TPSA) is 40.0 Å². The molecule has 0 spiro atoms. The van der Waals surface area contributed by atoms with Crippen LogP contribution in [-0.4, -0.2) is 44.7 Å². The number of carbonyl (C=O) groups is 1. The molecule has 110 valence electrons. The third kappa shape index (κ3) is 4.62. The van der Waals surface area contributed by atoms with E-state index in [9.17, 15) is 4.79 Å². The van der Waals surface area contributed by atoms with Crippen molar-refractivity contribution in [2.75, 3.05) is 26.2 Å². The maximum Gasteiger partial charge on any atom is 0.150 e. The Kier molecular flexibility index (Phi) is 5.56. The van der Waals surface area contributed by atoms with Gasteiger partial charge < -0.3 is 14.4 Å². The van der Waals surface area contributed by atoms with Gasteiger partial charge in [-0.1, -0.05) is 12.1 Å². The van der Waals surface area contributed by atoms with Crippen molar-refractivity contribution < 1.29 is 19.2 Å². The van der Waals surface area contributed by atoms with Crippen molar-refractivity contribution in [3.05, 3.63) is 29.8 Å². The highest BCUT2D eigenvalue weighted by Gasteiger charge is 2.24. The molecule has 4 heteroatoms. The first kappa shape index (κ1) is 15.0. The number of hydrogen-bond donors (Lipinski definition) is 1. The summed E-state index contributed by atoms with van der Waals surface area (Å²) >= 11 is 0. The van der Waals surface area contributed by atoms with Gasteiger partial charge in [0, 0.05) is 12.0 Å². The summed E-state index contributed by atoms with van der Waals surface area (Å²) in [6.45, 7) is 8.21. The zero-order valence-electron chi connectivity index (χ0n) is 12.3. The van der Waals surface area contributed by atoms with Crippen LogP contribution >= 0.6 is 0 Å². The molecule has 0 bridgehead atoms. The van der Waals surface area contributed by atoms with Gasteiger partial charge in [-0.2, -0.15) is 0 Å². The zero-order chi connectivity index (χ0) is 14.4. The Labute approximate surface area is 120 Å². The van der Waals surface area contributed by atoms with Gasteiger partial charge in [-0.3, -0.25) is 4.79 Å². The minimum absolute atomic E-state index is 0.346. The van der Waals surface area contributed by atoms with Crippen molar-refractivity contribution >= 4 is 6.29 Å². The monoisotopic (exact) mass is 278 g/mol. The van der Waals surface area contributed by atoms with Crippen LogP contribution in [0, 0.1) is 0 Å². The van der Waals surface area contributed by atoms with Crippen LogP contribution in [0.3, 0.4) is 0 Å². The Bertz CT molecular complexity index is 425. The lowest BCUT2D eigenvalue weighted by atomic mass is 10.2. The van der Waals surface area contributed by atoms with Crippen molar-refractivity contribution in [1.29, 1.82) is 0 Å². The van der Waals surface area contributed by atoms with Gasteiger partial charge in [-0.15, -0.1) is 0 Å². The summed E-state index contributed by atoms with van der Waals surface area (Å²) in [5, 5.41) is 0. The summed E-state index contributed by atoms with van der Waals surface area (Å²) < 4.78 is 11.4. The van der Waals surface area contributed by atoms with E-state index >= 15 is 0 Å². The Balaban J connectivity index is 1.69. The van der Waals surface area contributed by atoms with Crippen LogP contribution in [0.1, 0.15) is 30.6 Å². The molecule has 4 nitrogen and oxygen atoms in total. The quantitative estimate of drug-likeness (QED) is 0.622. The van der Waals surface area contributed by atoms with Crippen LogP contribution in [0.4, 0.5) is 0 Å². The first-order valence-electron chi connectivity index (χ1n) is 7.34. The fourth-order valence-corrected chi connectivity index (χ4v) is 2.78. The lowest BCUT2D eigenvalue weighted by molar-refractivity contribution is -0.915. The van der Waals surface area contributed by atoms with Gasteiger partial charge >= 0.3 is 0 Å². The van der Waals surface area contributed by atoms with E-state index < -0.39 is 0 Å². The van der Waals surface area contributed by atoms with Crippen LogP contribution in [-0.2, 0) is 4.74 Å². The summed E-state index contributed by atoms with van der Waals surface area (Å²) in [5.74, 6) is 0.772. The molecule has 0 radical (unpaired) electrons. The zero-order valence-corrected chi connectivity index (χ0v) is 12.3. The summed E-state index contributed by atoms with van der Waals surface area (Å²) in [4.78, 5) is 12.3. The summed E-state index contributed by atoms with van der Waals surface area (Å²) in [6.07, 6.45) is 2.55. The van der Waals surface area contributed by atoms with Crippen molar-refractivity contribution in [3.63, 3.8) is 0 Å². The first-order chi connectivity index (χ1) is 9.67. The maximum absolute atomic E-state index is 10.7. The van der Waals surface area contributed by atoms with Gasteiger partial charge in [0.15, 0.2) is 0 Å². The molecule has 1 saturated heterocycles. The van der Waals surface area contributed by atoms with E-state index in [1.807, 2.05) is 12.1 Å². The van der Waals surface area contributed by atoms with E-state index in [4.69, 9.17) is 9.47 Å². The van der Waals surface area contributed by atoms with Crippen molar-refractivity contribution in [1.82, 2.24) is 0 Å². The Hall–Kier alpha value is -1.39. The fourth-order valence-electron chi connectivity index (χ4n) is 2.78. The van der Waals surface area contributed by atoms with Crippen LogP contribution in [0.2, 0.25) is 0 Å². The van der Waals surface area contributed by atoms with Gasteiger partial charge in [0.25, 0.3) is 0 Å². The lowest BCUT2D eigenvalue weighted by Gasteiger charge is -2.32. The van der Waals surface area contributed by atoms with Gasteiger partial charge in [0.1, 0.15) is 37.3 Å².